The summed E-state index contributed by atoms with van der Waals surface area (Å²) in [6, 6.07) is 13.2. The fraction of sp³-hybridized carbons (Fsp3) is 0.250. The van der Waals surface area contributed by atoms with E-state index >= 15 is 0 Å². The normalized spacial score (nSPS) is 14.1. The highest BCUT2D eigenvalue weighted by Gasteiger charge is 2.20. The zero-order valence-corrected chi connectivity index (χ0v) is 16.3. The van der Waals surface area contributed by atoms with Gasteiger partial charge in [0.2, 0.25) is 5.95 Å². The first-order valence-electron chi connectivity index (χ1n) is 9.07. The summed E-state index contributed by atoms with van der Waals surface area (Å²) in [7, 11) is 1.63. The number of ether oxygens (including phenoxy) is 1. The maximum absolute atomic E-state index is 6.11. The summed E-state index contributed by atoms with van der Waals surface area (Å²) in [5, 5.41) is 3.90. The van der Waals surface area contributed by atoms with Crippen LogP contribution < -0.4 is 19.9 Å². The summed E-state index contributed by atoms with van der Waals surface area (Å²) in [5.41, 5.74) is 0.764. The molecule has 0 saturated carbocycles. The molecule has 0 bridgehead atoms. The molecule has 1 aliphatic rings. The quantitative estimate of drug-likeness (QED) is 0.706. The summed E-state index contributed by atoms with van der Waals surface area (Å²) in [5.74, 6) is 3.10. The molecule has 0 radical (unpaired) electrons. The fourth-order valence-electron chi connectivity index (χ4n) is 3.16. The lowest BCUT2D eigenvalue weighted by Crippen LogP contribution is -2.47. The van der Waals surface area contributed by atoms with E-state index in [1.54, 1.807) is 19.4 Å². The van der Waals surface area contributed by atoms with Gasteiger partial charge in [0.05, 0.1) is 12.8 Å². The molecule has 0 spiro atoms. The lowest BCUT2D eigenvalue weighted by atomic mass is 10.3. The number of hydrogen-bond acceptors (Lipinski definition) is 7. The van der Waals surface area contributed by atoms with Crippen LogP contribution in [0.4, 0.5) is 23.3 Å². The number of aromatic nitrogens is 3. The third kappa shape index (κ3) is 4.09. The van der Waals surface area contributed by atoms with Crippen molar-refractivity contribution in [1.82, 2.24) is 15.0 Å². The van der Waals surface area contributed by atoms with Crippen molar-refractivity contribution >= 4 is 34.9 Å². The van der Waals surface area contributed by atoms with E-state index in [0.717, 1.165) is 37.7 Å². The Morgan fingerprint density at radius 2 is 1.79 bits per heavy atom. The van der Waals surface area contributed by atoms with Crippen LogP contribution in [0.3, 0.4) is 0 Å². The van der Waals surface area contributed by atoms with Gasteiger partial charge >= 0.3 is 0 Å². The summed E-state index contributed by atoms with van der Waals surface area (Å²) < 4.78 is 5.39. The first-order chi connectivity index (χ1) is 13.7. The number of halogens is 1. The van der Waals surface area contributed by atoms with E-state index in [-0.39, 0.29) is 0 Å². The monoisotopic (exact) mass is 396 g/mol. The third-order valence-corrected chi connectivity index (χ3v) is 4.84. The third-order valence-electron chi connectivity index (χ3n) is 4.60. The Balaban J connectivity index is 1.45. The summed E-state index contributed by atoms with van der Waals surface area (Å²) in [6.45, 7) is 3.42. The standard InChI is InChI=1S/C20H21ClN6O/c1-28-17-6-5-15(21)14-16(17)24-18-7-9-23-20(25-18)27-12-10-26(11-13-27)19-4-2-3-8-22-19/h2-9,14H,10-13H2,1H3,(H,23,24,25). The molecular formula is C20H21ClN6O. The summed E-state index contributed by atoms with van der Waals surface area (Å²) in [4.78, 5) is 18.0. The molecular weight excluding hydrogens is 376 g/mol. The number of rotatable bonds is 5. The average Bonchev–Trinajstić information content (AvgIpc) is 2.75. The van der Waals surface area contributed by atoms with Gasteiger partial charge in [0.1, 0.15) is 17.4 Å². The highest BCUT2D eigenvalue weighted by molar-refractivity contribution is 6.31. The van der Waals surface area contributed by atoms with Crippen molar-refractivity contribution in [1.29, 1.82) is 0 Å². The van der Waals surface area contributed by atoms with Crippen LogP contribution in [0.5, 0.6) is 5.75 Å². The number of pyridine rings is 1. The van der Waals surface area contributed by atoms with Gasteiger partial charge in [-0.25, -0.2) is 9.97 Å². The zero-order valence-electron chi connectivity index (χ0n) is 15.5. The van der Waals surface area contributed by atoms with Gasteiger partial charge in [-0.2, -0.15) is 4.98 Å². The lowest BCUT2D eigenvalue weighted by Gasteiger charge is -2.35. The molecule has 0 aliphatic carbocycles. The first-order valence-corrected chi connectivity index (χ1v) is 9.45. The topological polar surface area (TPSA) is 66.4 Å². The van der Waals surface area contributed by atoms with Crippen molar-refractivity contribution in [3.05, 3.63) is 59.9 Å². The highest BCUT2D eigenvalue weighted by atomic mass is 35.5. The van der Waals surface area contributed by atoms with E-state index < -0.39 is 0 Å². The number of hydrogen-bond donors (Lipinski definition) is 1. The van der Waals surface area contributed by atoms with E-state index in [2.05, 4.69) is 30.1 Å². The maximum atomic E-state index is 6.11. The predicted octanol–water partition coefficient (Wildman–Crippen LogP) is 3.60. The number of nitrogens with zero attached hydrogens (tertiary/aromatic N) is 5. The van der Waals surface area contributed by atoms with Crippen LogP contribution in [0.2, 0.25) is 5.02 Å². The van der Waals surface area contributed by atoms with E-state index in [1.165, 1.54) is 0 Å². The van der Waals surface area contributed by atoms with Gasteiger partial charge in [-0.05, 0) is 36.4 Å². The van der Waals surface area contributed by atoms with Crippen molar-refractivity contribution in [3.63, 3.8) is 0 Å². The number of benzene rings is 1. The van der Waals surface area contributed by atoms with Crippen LogP contribution in [0, 0.1) is 0 Å². The van der Waals surface area contributed by atoms with Gasteiger partial charge in [0, 0.05) is 43.6 Å². The predicted molar refractivity (Wildman–Crippen MR) is 112 cm³/mol. The van der Waals surface area contributed by atoms with E-state index in [9.17, 15) is 0 Å². The Kier molecular flexibility index (Phi) is 5.43. The minimum atomic E-state index is 0.628. The molecule has 0 atom stereocenters. The molecule has 1 saturated heterocycles. The number of methoxy groups -OCH3 is 1. The second-order valence-electron chi connectivity index (χ2n) is 6.37. The molecule has 1 fully saturated rings. The van der Waals surface area contributed by atoms with Crippen molar-refractivity contribution in [2.75, 3.05) is 48.4 Å². The maximum Gasteiger partial charge on any atom is 0.227 e. The van der Waals surface area contributed by atoms with Gasteiger partial charge in [-0.15, -0.1) is 0 Å². The number of anilines is 4. The minimum absolute atomic E-state index is 0.628. The largest absolute Gasteiger partial charge is 0.495 e. The van der Waals surface area contributed by atoms with Crippen LogP contribution in [0.25, 0.3) is 0 Å². The Labute approximate surface area is 169 Å². The second-order valence-corrected chi connectivity index (χ2v) is 6.81. The van der Waals surface area contributed by atoms with Gasteiger partial charge < -0.3 is 19.9 Å². The van der Waals surface area contributed by atoms with Crippen LogP contribution >= 0.6 is 11.6 Å². The van der Waals surface area contributed by atoms with Gasteiger partial charge in [0.15, 0.2) is 0 Å². The molecule has 1 N–H and O–H groups in total. The summed E-state index contributed by atoms with van der Waals surface area (Å²) in [6.07, 6.45) is 3.58. The number of nitrogens with one attached hydrogen (secondary N) is 1. The Morgan fingerprint density at radius 1 is 0.964 bits per heavy atom. The molecule has 2 aromatic heterocycles. The van der Waals surface area contributed by atoms with E-state index in [0.29, 0.717) is 22.5 Å². The van der Waals surface area contributed by atoms with Gasteiger partial charge in [0.25, 0.3) is 0 Å². The highest BCUT2D eigenvalue weighted by Crippen LogP contribution is 2.30. The second kappa shape index (κ2) is 8.31. The minimum Gasteiger partial charge on any atom is -0.495 e. The Bertz CT molecular complexity index is 931. The average molecular weight is 397 g/mol. The van der Waals surface area contributed by atoms with Crippen LogP contribution in [0.1, 0.15) is 0 Å². The van der Waals surface area contributed by atoms with E-state index in [1.807, 2.05) is 42.6 Å². The summed E-state index contributed by atoms with van der Waals surface area (Å²) >= 11 is 6.11. The molecule has 3 aromatic rings. The molecule has 7 nitrogen and oxygen atoms in total. The smallest absolute Gasteiger partial charge is 0.227 e. The molecule has 0 amide bonds. The SMILES string of the molecule is COc1ccc(Cl)cc1Nc1ccnc(N2CCN(c3ccccn3)CC2)n1. The van der Waals surface area contributed by atoms with Crippen molar-refractivity contribution in [3.8, 4) is 5.75 Å². The Hall–Kier alpha value is -3.06. The van der Waals surface area contributed by atoms with Crippen molar-refractivity contribution < 1.29 is 4.74 Å². The molecule has 28 heavy (non-hydrogen) atoms. The molecule has 3 heterocycles. The van der Waals surface area contributed by atoms with Crippen LogP contribution in [0.15, 0.2) is 54.9 Å². The van der Waals surface area contributed by atoms with E-state index in [4.69, 9.17) is 16.3 Å². The Morgan fingerprint density at radius 3 is 2.54 bits per heavy atom. The molecule has 0 unspecified atom stereocenters. The van der Waals surface area contributed by atoms with Gasteiger partial charge in [-0.1, -0.05) is 17.7 Å². The molecule has 8 heteroatoms. The van der Waals surface area contributed by atoms with Crippen molar-refractivity contribution in [2.45, 2.75) is 0 Å². The van der Waals surface area contributed by atoms with Gasteiger partial charge in [-0.3, -0.25) is 0 Å². The molecule has 1 aliphatic heterocycles. The van der Waals surface area contributed by atoms with Crippen LogP contribution in [-0.2, 0) is 0 Å². The van der Waals surface area contributed by atoms with Crippen LogP contribution in [-0.4, -0.2) is 48.2 Å². The van der Waals surface area contributed by atoms with Crippen molar-refractivity contribution in [2.24, 2.45) is 0 Å². The zero-order chi connectivity index (χ0) is 19.3. The molecule has 1 aromatic carbocycles. The first kappa shape index (κ1) is 18.3. The number of piperazine rings is 1. The lowest BCUT2D eigenvalue weighted by molar-refractivity contribution is 0.417. The fourth-order valence-corrected chi connectivity index (χ4v) is 3.33. The molecule has 4 rings (SSSR count). The molecule has 144 valence electrons.